The Morgan fingerprint density at radius 3 is 2.15 bits per heavy atom. The zero-order valence-electron chi connectivity index (χ0n) is 9.34. The highest BCUT2D eigenvalue weighted by Crippen LogP contribution is 2.19. The van der Waals surface area contributed by atoms with Crippen molar-refractivity contribution in [2.75, 3.05) is 19.6 Å². The van der Waals surface area contributed by atoms with Crippen molar-refractivity contribution in [3.8, 4) is 0 Å². The molecule has 0 saturated carbocycles. The highest BCUT2D eigenvalue weighted by molar-refractivity contribution is 4.81. The summed E-state index contributed by atoms with van der Waals surface area (Å²) in [6.07, 6.45) is 4.12. The van der Waals surface area contributed by atoms with E-state index < -0.39 is 0 Å². The molecular formula is C11H24N2. The minimum absolute atomic E-state index is 0.247. The molecule has 78 valence electrons. The van der Waals surface area contributed by atoms with Crippen LogP contribution < -0.4 is 5.73 Å². The minimum atomic E-state index is 0.247. The number of piperidine rings is 1. The average Bonchev–Trinajstić information content (AvgIpc) is 2.04. The second kappa shape index (κ2) is 4.43. The third-order valence-corrected chi connectivity index (χ3v) is 3.02. The lowest BCUT2D eigenvalue weighted by molar-refractivity contribution is 0.174. The SMILES string of the molecule is CC(C)(C)C(N)CN1CCCCC1. The fourth-order valence-electron chi connectivity index (χ4n) is 1.69. The van der Waals surface area contributed by atoms with E-state index in [0.29, 0.717) is 6.04 Å². The van der Waals surface area contributed by atoms with Gasteiger partial charge in [0.05, 0.1) is 0 Å². The fraction of sp³-hybridized carbons (Fsp3) is 1.00. The van der Waals surface area contributed by atoms with Crippen molar-refractivity contribution in [2.45, 2.75) is 46.1 Å². The number of likely N-dealkylation sites (tertiary alicyclic amines) is 1. The minimum Gasteiger partial charge on any atom is -0.326 e. The number of hydrogen-bond acceptors (Lipinski definition) is 2. The maximum atomic E-state index is 6.14. The first kappa shape index (κ1) is 11.0. The molecule has 0 amide bonds. The Kier molecular flexibility index (Phi) is 3.74. The second-order valence-corrected chi connectivity index (χ2v) is 5.33. The van der Waals surface area contributed by atoms with Gasteiger partial charge in [0.1, 0.15) is 0 Å². The van der Waals surface area contributed by atoms with Gasteiger partial charge in [-0.2, -0.15) is 0 Å². The van der Waals surface area contributed by atoms with Gasteiger partial charge >= 0.3 is 0 Å². The molecule has 1 aliphatic heterocycles. The van der Waals surface area contributed by atoms with Crippen LogP contribution >= 0.6 is 0 Å². The molecule has 0 aromatic carbocycles. The summed E-state index contributed by atoms with van der Waals surface area (Å²) in [7, 11) is 0. The third-order valence-electron chi connectivity index (χ3n) is 3.02. The average molecular weight is 184 g/mol. The molecule has 0 radical (unpaired) electrons. The number of nitrogens with zero attached hydrogens (tertiary/aromatic N) is 1. The lowest BCUT2D eigenvalue weighted by Crippen LogP contribution is -2.46. The molecule has 13 heavy (non-hydrogen) atoms. The van der Waals surface area contributed by atoms with Gasteiger partial charge in [-0.25, -0.2) is 0 Å². The smallest absolute Gasteiger partial charge is 0.0217 e. The van der Waals surface area contributed by atoms with Crippen LogP contribution in [-0.2, 0) is 0 Å². The molecule has 1 saturated heterocycles. The Balaban J connectivity index is 2.30. The van der Waals surface area contributed by atoms with Crippen molar-refractivity contribution in [1.82, 2.24) is 4.90 Å². The van der Waals surface area contributed by atoms with Crippen LogP contribution in [0.1, 0.15) is 40.0 Å². The Labute approximate surface area is 82.5 Å². The van der Waals surface area contributed by atoms with Crippen LogP contribution in [0.4, 0.5) is 0 Å². The van der Waals surface area contributed by atoms with Gasteiger partial charge in [-0.3, -0.25) is 0 Å². The second-order valence-electron chi connectivity index (χ2n) is 5.33. The van der Waals surface area contributed by atoms with E-state index in [1.807, 2.05) is 0 Å². The first-order valence-corrected chi connectivity index (χ1v) is 5.48. The molecule has 1 heterocycles. The summed E-state index contributed by atoms with van der Waals surface area (Å²) in [4.78, 5) is 2.51. The third kappa shape index (κ3) is 3.65. The number of hydrogen-bond donors (Lipinski definition) is 1. The van der Waals surface area contributed by atoms with E-state index in [9.17, 15) is 0 Å². The van der Waals surface area contributed by atoms with Crippen molar-refractivity contribution in [1.29, 1.82) is 0 Å². The van der Waals surface area contributed by atoms with Gasteiger partial charge < -0.3 is 10.6 Å². The number of rotatable bonds is 2. The highest BCUT2D eigenvalue weighted by atomic mass is 15.1. The van der Waals surface area contributed by atoms with Crippen LogP contribution in [0.25, 0.3) is 0 Å². The molecule has 0 bridgehead atoms. The van der Waals surface area contributed by atoms with Crippen LogP contribution in [0.15, 0.2) is 0 Å². The number of nitrogens with two attached hydrogens (primary N) is 1. The summed E-state index contributed by atoms with van der Waals surface area (Å²) < 4.78 is 0. The predicted molar refractivity (Wildman–Crippen MR) is 57.7 cm³/mol. The molecule has 1 unspecified atom stereocenters. The van der Waals surface area contributed by atoms with Crippen molar-refractivity contribution < 1.29 is 0 Å². The molecule has 0 aromatic heterocycles. The van der Waals surface area contributed by atoms with Crippen molar-refractivity contribution >= 4 is 0 Å². The largest absolute Gasteiger partial charge is 0.326 e. The molecule has 0 aromatic rings. The molecular weight excluding hydrogens is 160 g/mol. The van der Waals surface area contributed by atoms with Crippen molar-refractivity contribution in [3.05, 3.63) is 0 Å². The van der Waals surface area contributed by atoms with E-state index in [4.69, 9.17) is 5.73 Å². The lowest BCUT2D eigenvalue weighted by Gasteiger charge is -2.34. The molecule has 0 spiro atoms. The van der Waals surface area contributed by atoms with Gasteiger partial charge in [0.2, 0.25) is 0 Å². The van der Waals surface area contributed by atoms with E-state index in [0.717, 1.165) is 6.54 Å². The van der Waals surface area contributed by atoms with Gasteiger partial charge in [0, 0.05) is 12.6 Å². The zero-order valence-corrected chi connectivity index (χ0v) is 9.34. The van der Waals surface area contributed by atoms with E-state index >= 15 is 0 Å². The topological polar surface area (TPSA) is 29.3 Å². The molecule has 2 heteroatoms. The van der Waals surface area contributed by atoms with Gasteiger partial charge in [0.15, 0.2) is 0 Å². The maximum absolute atomic E-state index is 6.14. The molecule has 1 aliphatic rings. The van der Waals surface area contributed by atoms with Gasteiger partial charge in [0.25, 0.3) is 0 Å². The van der Waals surface area contributed by atoms with Crippen molar-refractivity contribution in [2.24, 2.45) is 11.1 Å². The zero-order chi connectivity index (χ0) is 9.90. The van der Waals surface area contributed by atoms with E-state index in [2.05, 4.69) is 25.7 Å². The quantitative estimate of drug-likeness (QED) is 0.709. The van der Waals surface area contributed by atoms with E-state index in [-0.39, 0.29) is 5.41 Å². The highest BCUT2D eigenvalue weighted by Gasteiger charge is 2.23. The predicted octanol–water partition coefficient (Wildman–Crippen LogP) is 1.85. The summed E-state index contributed by atoms with van der Waals surface area (Å²) >= 11 is 0. The van der Waals surface area contributed by atoms with Gasteiger partial charge in [-0.05, 0) is 31.3 Å². The fourth-order valence-corrected chi connectivity index (χ4v) is 1.69. The molecule has 2 N–H and O–H groups in total. The molecule has 0 aliphatic carbocycles. The normalized spacial score (nSPS) is 23.1. The summed E-state index contributed by atoms with van der Waals surface area (Å²) in [6, 6.07) is 0.311. The molecule has 1 fully saturated rings. The van der Waals surface area contributed by atoms with Crippen LogP contribution in [0, 0.1) is 5.41 Å². The van der Waals surface area contributed by atoms with E-state index in [1.54, 1.807) is 0 Å². The summed E-state index contributed by atoms with van der Waals surface area (Å²) in [5, 5.41) is 0. The van der Waals surface area contributed by atoms with Gasteiger partial charge in [-0.1, -0.05) is 27.2 Å². The van der Waals surface area contributed by atoms with E-state index in [1.165, 1.54) is 32.4 Å². The Morgan fingerprint density at radius 1 is 1.15 bits per heavy atom. The van der Waals surface area contributed by atoms with Crippen LogP contribution in [0.5, 0.6) is 0 Å². The van der Waals surface area contributed by atoms with Crippen LogP contribution in [0.3, 0.4) is 0 Å². The van der Waals surface area contributed by atoms with Gasteiger partial charge in [-0.15, -0.1) is 0 Å². The first-order chi connectivity index (χ1) is 6.00. The molecule has 1 rings (SSSR count). The standard InChI is InChI=1S/C11H24N2/c1-11(2,3)10(12)9-13-7-5-4-6-8-13/h10H,4-9,12H2,1-3H3. The Hall–Kier alpha value is -0.0800. The Morgan fingerprint density at radius 2 is 1.69 bits per heavy atom. The molecule has 2 nitrogen and oxygen atoms in total. The summed E-state index contributed by atoms with van der Waals surface area (Å²) in [5.41, 5.74) is 6.39. The van der Waals surface area contributed by atoms with Crippen LogP contribution in [0.2, 0.25) is 0 Å². The Bertz CT molecular complexity index is 143. The first-order valence-electron chi connectivity index (χ1n) is 5.48. The summed E-state index contributed by atoms with van der Waals surface area (Å²) in [6.45, 7) is 10.3. The monoisotopic (exact) mass is 184 g/mol. The molecule has 1 atom stereocenters. The maximum Gasteiger partial charge on any atom is 0.0217 e. The van der Waals surface area contributed by atoms with Crippen LogP contribution in [-0.4, -0.2) is 30.6 Å². The summed E-state index contributed by atoms with van der Waals surface area (Å²) in [5.74, 6) is 0. The van der Waals surface area contributed by atoms with Crippen molar-refractivity contribution in [3.63, 3.8) is 0 Å². The lowest BCUT2D eigenvalue weighted by atomic mass is 9.87.